The molecule has 1 unspecified atom stereocenters. The fourth-order valence-electron chi connectivity index (χ4n) is 1.30. The van der Waals surface area contributed by atoms with Gasteiger partial charge in [-0.05, 0) is 19.3 Å². The molecule has 0 radical (unpaired) electrons. The van der Waals surface area contributed by atoms with Crippen LogP contribution in [0.2, 0.25) is 0 Å². The van der Waals surface area contributed by atoms with Crippen LogP contribution in [0.1, 0.15) is 32.6 Å². The number of hydrogen-bond donors (Lipinski definition) is 1. The van der Waals surface area contributed by atoms with E-state index in [9.17, 15) is 4.79 Å². The highest BCUT2D eigenvalue weighted by atomic mass is 16.2. The number of nitriles is 1. The molecule has 1 aliphatic carbocycles. The molecule has 3 heteroatoms. The maximum atomic E-state index is 11.6. The highest BCUT2D eigenvalue weighted by Crippen LogP contribution is 2.45. The van der Waals surface area contributed by atoms with E-state index in [-0.39, 0.29) is 11.9 Å². The third kappa shape index (κ3) is 2.06. The van der Waals surface area contributed by atoms with Gasteiger partial charge in [0.1, 0.15) is 5.41 Å². The van der Waals surface area contributed by atoms with Gasteiger partial charge in [-0.2, -0.15) is 5.26 Å². The van der Waals surface area contributed by atoms with E-state index in [2.05, 4.69) is 11.2 Å². The zero-order chi connectivity index (χ0) is 10.6. The van der Waals surface area contributed by atoms with Crippen LogP contribution in [0.5, 0.6) is 0 Å². The first-order valence-electron chi connectivity index (χ1n) is 4.87. The molecule has 1 amide bonds. The van der Waals surface area contributed by atoms with Crippen molar-refractivity contribution in [2.45, 2.75) is 38.6 Å². The Morgan fingerprint density at radius 1 is 1.71 bits per heavy atom. The van der Waals surface area contributed by atoms with Gasteiger partial charge in [-0.15, -0.1) is 6.42 Å². The van der Waals surface area contributed by atoms with Gasteiger partial charge in [-0.1, -0.05) is 19.3 Å². The van der Waals surface area contributed by atoms with Crippen LogP contribution in [-0.4, -0.2) is 11.9 Å². The Balaban J connectivity index is 2.49. The first kappa shape index (κ1) is 10.6. The topological polar surface area (TPSA) is 52.9 Å². The second-order valence-electron chi connectivity index (χ2n) is 3.68. The monoisotopic (exact) mass is 190 g/mol. The fourth-order valence-corrected chi connectivity index (χ4v) is 1.30. The lowest BCUT2D eigenvalue weighted by Gasteiger charge is -2.13. The Morgan fingerprint density at radius 3 is 2.71 bits per heavy atom. The molecule has 1 N–H and O–H groups in total. The smallest absolute Gasteiger partial charge is 0.241 e. The van der Waals surface area contributed by atoms with Gasteiger partial charge in [0.2, 0.25) is 5.91 Å². The molecule has 3 nitrogen and oxygen atoms in total. The number of nitrogens with one attached hydrogen (secondary N) is 1. The minimum atomic E-state index is -0.761. The van der Waals surface area contributed by atoms with E-state index in [1.54, 1.807) is 0 Å². The molecule has 1 aliphatic rings. The highest BCUT2D eigenvalue weighted by molar-refractivity contribution is 5.88. The second kappa shape index (κ2) is 4.15. The van der Waals surface area contributed by atoms with Crippen LogP contribution in [0, 0.1) is 29.1 Å². The van der Waals surface area contributed by atoms with Gasteiger partial charge in [-0.25, -0.2) is 0 Å². The summed E-state index contributed by atoms with van der Waals surface area (Å²) in [4.78, 5) is 11.6. The lowest BCUT2D eigenvalue weighted by atomic mass is 10.1. The maximum Gasteiger partial charge on any atom is 0.241 e. The third-order valence-corrected chi connectivity index (χ3v) is 2.48. The average molecular weight is 190 g/mol. The molecule has 1 rings (SSSR count). The summed E-state index contributed by atoms with van der Waals surface area (Å²) in [6.45, 7) is 2.01. The molecule has 0 aromatic rings. The van der Waals surface area contributed by atoms with Crippen molar-refractivity contribution in [1.82, 2.24) is 5.32 Å². The quantitative estimate of drug-likeness (QED) is 0.677. The minimum absolute atomic E-state index is 0.198. The van der Waals surface area contributed by atoms with E-state index in [1.807, 2.05) is 13.0 Å². The fraction of sp³-hybridized carbons (Fsp3) is 0.636. The van der Waals surface area contributed by atoms with Crippen molar-refractivity contribution in [2.75, 3.05) is 0 Å². The van der Waals surface area contributed by atoms with E-state index >= 15 is 0 Å². The summed E-state index contributed by atoms with van der Waals surface area (Å²) in [5.74, 6) is 2.32. The van der Waals surface area contributed by atoms with Gasteiger partial charge >= 0.3 is 0 Å². The molecule has 0 heterocycles. The molecule has 1 atom stereocenters. The molecule has 0 aromatic carbocycles. The molecule has 0 aliphatic heterocycles. The Bertz CT molecular complexity index is 304. The van der Waals surface area contributed by atoms with E-state index in [1.165, 1.54) is 0 Å². The number of carbonyl (C=O) groups excluding carboxylic acids is 1. The van der Waals surface area contributed by atoms with Crippen LogP contribution in [-0.2, 0) is 4.79 Å². The van der Waals surface area contributed by atoms with E-state index in [0.717, 1.165) is 12.8 Å². The van der Waals surface area contributed by atoms with Gasteiger partial charge < -0.3 is 5.32 Å². The van der Waals surface area contributed by atoms with Crippen molar-refractivity contribution in [3.05, 3.63) is 0 Å². The molecule has 74 valence electrons. The first-order chi connectivity index (χ1) is 6.68. The minimum Gasteiger partial charge on any atom is -0.341 e. The van der Waals surface area contributed by atoms with Crippen LogP contribution >= 0.6 is 0 Å². The number of carbonyl (C=O) groups is 1. The molecule has 1 saturated carbocycles. The van der Waals surface area contributed by atoms with Crippen LogP contribution in [0.3, 0.4) is 0 Å². The Labute approximate surface area is 84.5 Å². The van der Waals surface area contributed by atoms with Crippen molar-refractivity contribution in [2.24, 2.45) is 5.41 Å². The Hall–Kier alpha value is -1.48. The number of amides is 1. The van der Waals surface area contributed by atoms with Crippen LogP contribution in [0.15, 0.2) is 0 Å². The summed E-state index contributed by atoms with van der Waals surface area (Å²) in [6.07, 6.45) is 8.29. The van der Waals surface area contributed by atoms with E-state index in [0.29, 0.717) is 12.8 Å². The summed E-state index contributed by atoms with van der Waals surface area (Å²) in [5, 5.41) is 11.5. The van der Waals surface area contributed by atoms with E-state index < -0.39 is 5.41 Å². The third-order valence-electron chi connectivity index (χ3n) is 2.48. The van der Waals surface area contributed by atoms with Gasteiger partial charge in [-0.3, -0.25) is 4.79 Å². The summed E-state index contributed by atoms with van der Waals surface area (Å²) in [5.41, 5.74) is -0.761. The number of nitrogens with zero attached hydrogens (tertiary/aromatic N) is 1. The molecular weight excluding hydrogens is 176 g/mol. The maximum absolute atomic E-state index is 11.6. The summed E-state index contributed by atoms with van der Waals surface area (Å²) in [6, 6.07) is 1.82. The summed E-state index contributed by atoms with van der Waals surface area (Å²) < 4.78 is 0. The zero-order valence-electron chi connectivity index (χ0n) is 8.34. The predicted octanol–water partition coefficient (Wildman–Crippen LogP) is 1.21. The van der Waals surface area contributed by atoms with Crippen molar-refractivity contribution in [3.8, 4) is 18.4 Å². The number of terminal acetylenes is 1. The molecule has 14 heavy (non-hydrogen) atoms. The van der Waals surface area contributed by atoms with Crippen molar-refractivity contribution in [1.29, 1.82) is 5.26 Å². The van der Waals surface area contributed by atoms with Crippen LogP contribution in [0.25, 0.3) is 0 Å². The largest absolute Gasteiger partial charge is 0.341 e. The molecule has 0 spiro atoms. The first-order valence-corrected chi connectivity index (χ1v) is 4.87. The Kier molecular flexibility index (Phi) is 3.14. The van der Waals surface area contributed by atoms with Gasteiger partial charge in [0.25, 0.3) is 0 Å². The molecule has 1 fully saturated rings. The van der Waals surface area contributed by atoms with Gasteiger partial charge in [0, 0.05) is 0 Å². The summed E-state index contributed by atoms with van der Waals surface area (Å²) >= 11 is 0. The normalized spacial score (nSPS) is 18.8. The van der Waals surface area contributed by atoms with Crippen molar-refractivity contribution in [3.63, 3.8) is 0 Å². The standard InChI is InChI=1S/C11H14N2O/c1-3-5-9(4-2)13-10(14)11(8-12)6-7-11/h2,9H,3,5-7H2,1H3,(H,13,14). The van der Waals surface area contributed by atoms with Gasteiger partial charge in [0.15, 0.2) is 0 Å². The number of rotatable bonds is 4. The lowest BCUT2D eigenvalue weighted by molar-refractivity contribution is -0.124. The van der Waals surface area contributed by atoms with Crippen molar-refractivity contribution < 1.29 is 4.79 Å². The second-order valence-corrected chi connectivity index (χ2v) is 3.68. The average Bonchev–Trinajstić information content (AvgIpc) is 2.97. The van der Waals surface area contributed by atoms with E-state index in [4.69, 9.17) is 11.7 Å². The summed E-state index contributed by atoms with van der Waals surface area (Å²) in [7, 11) is 0. The molecule has 0 aromatic heterocycles. The Morgan fingerprint density at radius 2 is 2.36 bits per heavy atom. The van der Waals surface area contributed by atoms with Crippen LogP contribution in [0.4, 0.5) is 0 Å². The number of hydrogen-bond acceptors (Lipinski definition) is 2. The van der Waals surface area contributed by atoms with Crippen LogP contribution < -0.4 is 5.32 Å². The zero-order valence-corrected chi connectivity index (χ0v) is 8.34. The SMILES string of the molecule is C#CC(CCC)NC(=O)C1(C#N)CC1. The van der Waals surface area contributed by atoms with Gasteiger partial charge in [0.05, 0.1) is 12.1 Å². The van der Waals surface area contributed by atoms with Crippen molar-refractivity contribution >= 4 is 5.91 Å². The molecule has 0 saturated heterocycles. The highest BCUT2D eigenvalue weighted by Gasteiger charge is 2.50. The molecular formula is C11H14N2O. The molecule has 0 bridgehead atoms. The lowest BCUT2D eigenvalue weighted by Crippen LogP contribution is -2.38. The predicted molar refractivity (Wildman–Crippen MR) is 53.0 cm³/mol.